The molecule has 0 saturated carbocycles. The molecule has 0 aliphatic carbocycles. The first kappa shape index (κ1) is 14.1. The highest BCUT2D eigenvalue weighted by atomic mass is 16.5. The molecule has 0 aromatic heterocycles. The van der Waals surface area contributed by atoms with Gasteiger partial charge in [-0.25, -0.2) is 4.79 Å². The van der Waals surface area contributed by atoms with E-state index in [0.29, 0.717) is 17.9 Å². The lowest BCUT2D eigenvalue weighted by Gasteiger charge is -2.10. The lowest BCUT2D eigenvalue weighted by Crippen LogP contribution is -2.02. The van der Waals surface area contributed by atoms with Crippen molar-refractivity contribution in [2.24, 2.45) is 0 Å². The standard InChI is InChI=1S/C19H16O3/c1-21-19(20)15-8-5-10-17(12-15)22-13-16-9-4-7-14-6-2-3-11-18(14)16/h2-12H,13H2,1H3. The van der Waals surface area contributed by atoms with Crippen LogP contribution in [0.3, 0.4) is 0 Å². The zero-order valence-electron chi connectivity index (χ0n) is 12.3. The van der Waals surface area contributed by atoms with Crippen LogP contribution in [-0.2, 0) is 11.3 Å². The smallest absolute Gasteiger partial charge is 0.337 e. The Morgan fingerprint density at radius 3 is 2.59 bits per heavy atom. The number of hydrogen-bond donors (Lipinski definition) is 0. The van der Waals surface area contributed by atoms with E-state index in [1.54, 1.807) is 18.2 Å². The Bertz CT molecular complexity index is 803. The van der Waals surface area contributed by atoms with Crippen LogP contribution < -0.4 is 4.74 Å². The number of hydrogen-bond acceptors (Lipinski definition) is 3. The van der Waals surface area contributed by atoms with Crippen LogP contribution >= 0.6 is 0 Å². The third kappa shape index (κ3) is 2.93. The Labute approximate surface area is 129 Å². The zero-order valence-corrected chi connectivity index (χ0v) is 12.3. The fourth-order valence-corrected chi connectivity index (χ4v) is 2.41. The summed E-state index contributed by atoms with van der Waals surface area (Å²) in [7, 11) is 1.37. The summed E-state index contributed by atoms with van der Waals surface area (Å²) >= 11 is 0. The highest BCUT2D eigenvalue weighted by Gasteiger charge is 2.07. The van der Waals surface area contributed by atoms with Crippen molar-refractivity contribution in [3.63, 3.8) is 0 Å². The van der Waals surface area contributed by atoms with Crippen molar-refractivity contribution >= 4 is 16.7 Å². The summed E-state index contributed by atoms with van der Waals surface area (Å²) in [6.07, 6.45) is 0. The molecule has 3 aromatic rings. The lowest BCUT2D eigenvalue weighted by atomic mass is 10.1. The molecule has 0 aliphatic heterocycles. The molecule has 0 fully saturated rings. The highest BCUT2D eigenvalue weighted by molar-refractivity contribution is 5.89. The second-order valence-electron chi connectivity index (χ2n) is 4.95. The van der Waals surface area contributed by atoms with E-state index in [1.165, 1.54) is 17.9 Å². The summed E-state index contributed by atoms with van der Waals surface area (Å²) in [5.41, 5.74) is 1.60. The van der Waals surface area contributed by atoms with Gasteiger partial charge in [0.15, 0.2) is 0 Å². The summed E-state index contributed by atoms with van der Waals surface area (Å²) in [5, 5.41) is 2.36. The van der Waals surface area contributed by atoms with Crippen LogP contribution in [0.15, 0.2) is 66.7 Å². The summed E-state index contributed by atoms with van der Waals surface area (Å²) in [4.78, 5) is 11.5. The molecule has 0 N–H and O–H groups in total. The molecule has 3 nitrogen and oxygen atoms in total. The fourth-order valence-electron chi connectivity index (χ4n) is 2.41. The van der Waals surface area contributed by atoms with E-state index in [2.05, 4.69) is 18.2 Å². The summed E-state index contributed by atoms with van der Waals surface area (Å²) in [5.74, 6) is 0.284. The first-order valence-electron chi connectivity index (χ1n) is 7.06. The predicted octanol–water partition coefficient (Wildman–Crippen LogP) is 4.21. The molecule has 3 heteroatoms. The molecule has 0 amide bonds. The van der Waals surface area contributed by atoms with Crippen LogP contribution in [0.2, 0.25) is 0 Å². The Morgan fingerprint density at radius 2 is 1.73 bits per heavy atom. The van der Waals surface area contributed by atoms with Crippen molar-refractivity contribution < 1.29 is 14.3 Å². The van der Waals surface area contributed by atoms with Gasteiger partial charge in [0.1, 0.15) is 12.4 Å². The van der Waals surface area contributed by atoms with E-state index in [9.17, 15) is 4.79 Å². The highest BCUT2D eigenvalue weighted by Crippen LogP contribution is 2.21. The minimum absolute atomic E-state index is 0.365. The van der Waals surface area contributed by atoms with Gasteiger partial charge < -0.3 is 9.47 Å². The summed E-state index contributed by atoms with van der Waals surface area (Å²) in [6, 6.07) is 21.4. The van der Waals surface area contributed by atoms with Crippen LogP contribution in [0, 0.1) is 0 Å². The molecule has 0 atom stereocenters. The Morgan fingerprint density at radius 1 is 0.955 bits per heavy atom. The van der Waals surface area contributed by atoms with E-state index in [0.717, 1.165) is 5.56 Å². The van der Waals surface area contributed by atoms with Crippen molar-refractivity contribution in [3.8, 4) is 5.75 Å². The molecule has 0 heterocycles. The van der Waals surface area contributed by atoms with Crippen molar-refractivity contribution in [1.29, 1.82) is 0 Å². The number of carbonyl (C=O) groups excluding carboxylic acids is 1. The molecule has 22 heavy (non-hydrogen) atoms. The van der Waals surface area contributed by atoms with Gasteiger partial charge in [-0.2, -0.15) is 0 Å². The first-order valence-corrected chi connectivity index (χ1v) is 7.06. The van der Waals surface area contributed by atoms with Crippen LogP contribution in [0.1, 0.15) is 15.9 Å². The zero-order chi connectivity index (χ0) is 15.4. The number of ether oxygens (including phenoxy) is 2. The van der Waals surface area contributed by atoms with Gasteiger partial charge in [0.2, 0.25) is 0 Å². The van der Waals surface area contributed by atoms with E-state index >= 15 is 0 Å². The molecule has 0 aliphatic rings. The van der Waals surface area contributed by atoms with Gasteiger partial charge in [-0.05, 0) is 34.5 Å². The summed E-state index contributed by atoms with van der Waals surface area (Å²) in [6.45, 7) is 0.450. The topological polar surface area (TPSA) is 35.5 Å². The molecule has 0 unspecified atom stereocenters. The van der Waals surface area contributed by atoms with Crippen molar-refractivity contribution in [3.05, 3.63) is 77.9 Å². The molecular formula is C19H16O3. The van der Waals surface area contributed by atoms with Gasteiger partial charge in [-0.1, -0.05) is 48.5 Å². The van der Waals surface area contributed by atoms with Crippen LogP contribution in [0.25, 0.3) is 10.8 Å². The van der Waals surface area contributed by atoms with Crippen LogP contribution in [-0.4, -0.2) is 13.1 Å². The van der Waals surface area contributed by atoms with Crippen molar-refractivity contribution in [2.75, 3.05) is 7.11 Å². The third-order valence-electron chi connectivity index (χ3n) is 3.53. The average molecular weight is 292 g/mol. The minimum Gasteiger partial charge on any atom is -0.489 e. The van der Waals surface area contributed by atoms with Crippen LogP contribution in [0.5, 0.6) is 5.75 Å². The maximum Gasteiger partial charge on any atom is 0.337 e. The number of benzene rings is 3. The maximum atomic E-state index is 11.5. The Hall–Kier alpha value is -2.81. The van der Waals surface area contributed by atoms with E-state index in [-0.39, 0.29) is 5.97 Å². The van der Waals surface area contributed by atoms with Gasteiger partial charge in [-0.15, -0.1) is 0 Å². The molecule has 0 saturated heterocycles. The molecular weight excluding hydrogens is 276 g/mol. The van der Waals surface area contributed by atoms with Crippen molar-refractivity contribution in [1.82, 2.24) is 0 Å². The summed E-state index contributed by atoms with van der Waals surface area (Å²) < 4.78 is 10.5. The number of carbonyl (C=O) groups is 1. The molecule has 3 rings (SSSR count). The Kier molecular flexibility index (Phi) is 4.05. The van der Waals surface area contributed by atoms with E-state index < -0.39 is 0 Å². The molecule has 3 aromatic carbocycles. The molecule has 0 radical (unpaired) electrons. The van der Waals surface area contributed by atoms with Crippen molar-refractivity contribution in [2.45, 2.75) is 6.61 Å². The van der Waals surface area contributed by atoms with Gasteiger partial charge in [0.25, 0.3) is 0 Å². The minimum atomic E-state index is -0.365. The van der Waals surface area contributed by atoms with E-state index in [4.69, 9.17) is 9.47 Å². The van der Waals surface area contributed by atoms with E-state index in [1.807, 2.05) is 30.3 Å². The number of fused-ring (bicyclic) bond motifs is 1. The normalized spacial score (nSPS) is 10.4. The first-order chi connectivity index (χ1) is 10.8. The molecule has 110 valence electrons. The van der Waals surface area contributed by atoms with Gasteiger partial charge in [0.05, 0.1) is 12.7 Å². The predicted molar refractivity (Wildman–Crippen MR) is 86.1 cm³/mol. The average Bonchev–Trinajstić information content (AvgIpc) is 2.59. The number of esters is 1. The van der Waals surface area contributed by atoms with Crippen LogP contribution in [0.4, 0.5) is 0 Å². The second-order valence-corrected chi connectivity index (χ2v) is 4.95. The Balaban J connectivity index is 1.81. The maximum absolute atomic E-state index is 11.5. The quantitative estimate of drug-likeness (QED) is 0.676. The fraction of sp³-hybridized carbons (Fsp3) is 0.105. The monoisotopic (exact) mass is 292 g/mol. The number of rotatable bonds is 4. The lowest BCUT2D eigenvalue weighted by molar-refractivity contribution is 0.0600. The second kappa shape index (κ2) is 6.31. The molecule has 0 spiro atoms. The van der Waals surface area contributed by atoms with Gasteiger partial charge in [-0.3, -0.25) is 0 Å². The molecule has 0 bridgehead atoms. The van der Waals surface area contributed by atoms with Gasteiger partial charge >= 0.3 is 5.97 Å². The number of methoxy groups -OCH3 is 1. The third-order valence-corrected chi connectivity index (χ3v) is 3.53. The van der Waals surface area contributed by atoms with Gasteiger partial charge in [0, 0.05) is 0 Å². The SMILES string of the molecule is COC(=O)c1cccc(OCc2cccc3ccccc23)c1. The largest absolute Gasteiger partial charge is 0.489 e.